The minimum Gasteiger partial charge on any atom is -0.325 e. The number of benzene rings is 3. The number of aryl methyl sites for hydroxylation is 1. The number of anilines is 2. The van der Waals surface area contributed by atoms with Gasteiger partial charge in [0, 0.05) is 12.7 Å². The Morgan fingerprint density at radius 1 is 0.938 bits per heavy atom. The van der Waals surface area contributed by atoms with Gasteiger partial charge in [-0.2, -0.15) is 0 Å². The van der Waals surface area contributed by atoms with Crippen LogP contribution in [-0.4, -0.2) is 23.5 Å². The summed E-state index contributed by atoms with van der Waals surface area (Å²) in [5, 5.41) is 2.65. The van der Waals surface area contributed by atoms with Gasteiger partial charge in [0.05, 0.1) is 21.6 Å². The van der Waals surface area contributed by atoms with Gasteiger partial charge in [-0.15, -0.1) is 0 Å². The number of carbonyl (C=O) groups is 1. The first-order chi connectivity index (χ1) is 15.2. The van der Waals surface area contributed by atoms with E-state index in [-0.39, 0.29) is 22.8 Å². The van der Waals surface area contributed by atoms with E-state index in [1.807, 2.05) is 6.07 Å². The van der Waals surface area contributed by atoms with E-state index in [9.17, 15) is 22.4 Å². The fourth-order valence-corrected chi connectivity index (χ4v) is 4.39. The van der Waals surface area contributed by atoms with Crippen molar-refractivity contribution in [1.29, 1.82) is 0 Å². The highest BCUT2D eigenvalue weighted by atomic mass is 32.2. The lowest BCUT2D eigenvalue weighted by molar-refractivity contribution is -0.116. The zero-order valence-corrected chi connectivity index (χ0v) is 17.8. The number of hydrogen-bond donors (Lipinski definition) is 2. The Hall–Kier alpha value is -3.92. The van der Waals surface area contributed by atoms with Crippen LogP contribution in [0, 0.1) is 5.82 Å². The molecule has 1 amide bonds. The summed E-state index contributed by atoms with van der Waals surface area (Å²) in [7, 11) is -2.29. The average Bonchev–Trinajstić information content (AvgIpc) is 2.99. The van der Waals surface area contributed by atoms with Gasteiger partial charge in [-0.25, -0.2) is 17.6 Å². The molecular formula is C22H19FN4O4S. The second-order valence-corrected chi connectivity index (χ2v) is 8.79. The van der Waals surface area contributed by atoms with Crippen molar-refractivity contribution < 1.29 is 17.6 Å². The van der Waals surface area contributed by atoms with Crippen LogP contribution in [0.15, 0.2) is 82.5 Å². The van der Waals surface area contributed by atoms with Crippen LogP contribution in [0.25, 0.3) is 11.0 Å². The quantitative estimate of drug-likeness (QED) is 0.468. The maximum Gasteiger partial charge on any atom is 0.329 e. The third kappa shape index (κ3) is 4.26. The third-order valence-corrected chi connectivity index (χ3v) is 6.28. The highest BCUT2D eigenvalue weighted by Gasteiger charge is 2.16. The van der Waals surface area contributed by atoms with Gasteiger partial charge in [0.25, 0.3) is 10.0 Å². The average molecular weight is 454 g/mol. The van der Waals surface area contributed by atoms with E-state index >= 15 is 0 Å². The van der Waals surface area contributed by atoms with Crippen molar-refractivity contribution >= 4 is 38.3 Å². The molecule has 0 saturated heterocycles. The van der Waals surface area contributed by atoms with Crippen LogP contribution >= 0.6 is 0 Å². The van der Waals surface area contributed by atoms with Crippen LogP contribution in [0.4, 0.5) is 15.8 Å². The van der Waals surface area contributed by atoms with Crippen molar-refractivity contribution in [3.63, 3.8) is 0 Å². The molecule has 0 radical (unpaired) electrons. The largest absolute Gasteiger partial charge is 0.329 e. The van der Waals surface area contributed by atoms with Crippen molar-refractivity contribution in [3.05, 3.63) is 89.1 Å². The number of imidazole rings is 1. The van der Waals surface area contributed by atoms with Crippen molar-refractivity contribution in [2.45, 2.75) is 11.4 Å². The van der Waals surface area contributed by atoms with E-state index < -0.39 is 21.7 Å². The van der Waals surface area contributed by atoms with E-state index in [1.54, 1.807) is 25.2 Å². The second kappa shape index (κ2) is 8.31. The van der Waals surface area contributed by atoms with Crippen LogP contribution in [0.2, 0.25) is 0 Å². The van der Waals surface area contributed by atoms with E-state index in [0.717, 1.165) is 6.07 Å². The van der Waals surface area contributed by atoms with E-state index in [4.69, 9.17) is 0 Å². The standard InChI is InChI=1S/C22H19FN4O4S/c1-26-19-7-2-3-8-20(19)27(22(26)29)14-21(28)24-16-9-11-18(12-10-16)32(30,31)25-17-6-4-5-15(23)13-17/h2-13,25H,14H2,1H3,(H,24,28). The Balaban J connectivity index is 1.48. The minimum atomic E-state index is -3.93. The SMILES string of the molecule is Cn1c(=O)n(CC(=O)Nc2ccc(S(=O)(=O)Nc3cccc(F)c3)cc2)c2ccccc21. The van der Waals surface area contributed by atoms with Crippen molar-refractivity contribution in [1.82, 2.24) is 9.13 Å². The summed E-state index contributed by atoms with van der Waals surface area (Å²) in [6.07, 6.45) is 0. The molecule has 8 nitrogen and oxygen atoms in total. The van der Waals surface area contributed by atoms with Crippen LogP contribution in [0.3, 0.4) is 0 Å². The van der Waals surface area contributed by atoms with Crippen LogP contribution in [0.5, 0.6) is 0 Å². The second-order valence-electron chi connectivity index (χ2n) is 7.10. The number of rotatable bonds is 6. The van der Waals surface area contributed by atoms with Gasteiger partial charge in [-0.3, -0.25) is 18.7 Å². The van der Waals surface area contributed by atoms with Crippen molar-refractivity contribution in [2.75, 3.05) is 10.0 Å². The number of carbonyl (C=O) groups excluding carboxylic acids is 1. The molecule has 164 valence electrons. The molecule has 0 unspecified atom stereocenters. The lowest BCUT2D eigenvalue weighted by atomic mass is 10.3. The third-order valence-electron chi connectivity index (χ3n) is 4.88. The molecule has 0 aliphatic heterocycles. The summed E-state index contributed by atoms with van der Waals surface area (Å²) in [4.78, 5) is 24.9. The fourth-order valence-electron chi connectivity index (χ4n) is 3.34. The number of aromatic nitrogens is 2. The van der Waals surface area contributed by atoms with Crippen molar-refractivity contribution in [3.8, 4) is 0 Å². The summed E-state index contributed by atoms with van der Waals surface area (Å²) >= 11 is 0. The summed E-state index contributed by atoms with van der Waals surface area (Å²) in [5.74, 6) is -0.995. The summed E-state index contributed by atoms with van der Waals surface area (Å²) < 4.78 is 43.4. The highest BCUT2D eigenvalue weighted by Crippen LogP contribution is 2.19. The molecule has 4 rings (SSSR count). The van der Waals surface area contributed by atoms with Crippen molar-refractivity contribution in [2.24, 2.45) is 7.05 Å². The Bertz CT molecular complexity index is 1470. The van der Waals surface area contributed by atoms with Gasteiger partial charge in [-0.1, -0.05) is 18.2 Å². The highest BCUT2D eigenvalue weighted by molar-refractivity contribution is 7.92. The molecule has 0 spiro atoms. The maximum absolute atomic E-state index is 13.3. The molecule has 3 aromatic carbocycles. The first-order valence-electron chi connectivity index (χ1n) is 9.57. The van der Waals surface area contributed by atoms with Gasteiger partial charge in [0.2, 0.25) is 5.91 Å². The first kappa shape index (κ1) is 21.3. The molecule has 1 heterocycles. The smallest absolute Gasteiger partial charge is 0.325 e. The number of nitrogens with one attached hydrogen (secondary N) is 2. The van der Waals surface area contributed by atoms with E-state index in [0.29, 0.717) is 16.7 Å². The zero-order valence-electron chi connectivity index (χ0n) is 16.9. The number of halogens is 1. The number of nitrogens with zero attached hydrogens (tertiary/aromatic N) is 2. The molecule has 0 aliphatic carbocycles. The normalized spacial score (nSPS) is 11.4. The molecule has 1 aromatic heterocycles. The van der Waals surface area contributed by atoms with Gasteiger partial charge in [0.15, 0.2) is 0 Å². The predicted molar refractivity (Wildman–Crippen MR) is 119 cm³/mol. The number of amides is 1. The monoisotopic (exact) mass is 454 g/mol. The fraction of sp³-hybridized carbons (Fsp3) is 0.0909. The molecule has 2 N–H and O–H groups in total. The van der Waals surface area contributed by atoms with Gasteiger partial charge in [-0.05, 0) is 54.6 Å². The lowest BCUT2D eigenvalue weighted by Crippen LogP contribution is -2.28. The van der Waals surface area contributed by atoms with Gasteiger partial charge in [0.1, 0.15) is 12.4 Å². The molecular weight excluding hydrogens is 435 g/mol. The molecule has 0 saturated carbocycles. The van der Waals surface area contributed by atoms with Gasteiger partial charge < -0.3 is 5.32 Å². The van der Waals surface area contributed by atoms with Gasteiger partial charge >= 0.3 is 5.69 Å². The number of para-hydroxylation sites is 2. The van der Waals surface area contributed by atoms with E-state index in [1.165, 1.54) is 51.6 Å². The Kier molecular flexibility index (Phi) is 5.54. The first-order valence-corrected chi connectivity index (χ1v) is 11.1. The number of hydrogen-bond acceptors (Lipinski definition) is 4. The Morgan fingerprint density at radius 3 is 2.31 bits per heavy atom. The molecule has 0 fully saturated rings. The van der Waals surface area contributed by atoms with Crippen LogP contribution in [0.1, 0.15) is 0 Å². The lowest BCUT2D eigenvalue weighted by Gasteiger charge is -2.10. The summed E-state index contributed by atoms with van der Waals surface area (Å²) in [6, 6.07) is 17.8. The molecule has 0 bridgehead atoms. The molecule has 0 aliphatic rings. The summed E-state index contributed by atoms with van der Waals surface area (Å²) in [6.45, 7) is -0.193. The maximum atomic E-state index is 13.3. The topological polar surface area (TPSA) is 102 Å². The Labute approximate surface area is 183 Å². The van der Waals surface area contributed by atoms with E-state index in [2.05, 4.69) is 10.0 Å². The van der Waals surface area contributed by atoms with Crippen LogP contribution < -0.4 is 15.7 Å². The number of sulfonamides is 1. The zero-order chi connectivity index (χ0) is 22.9. The minimum absolute atomic E-state index is 0.0509. The molecule has 10 heteroatoms. The molecule has 0 atom stereocenters. The number of fused-ring (bicyclic) bond motifs is 1. The predicted octanol–water partition coefficient (Wildman–Crippen LogP) is 2.92. The molecule has 4 aromatic rings. The molecule has 32 heavy (non-hydrogen) atoms. The summed E-state index contributed by atoms with van der Waals surface area (Å²) in [5.41, 5.74) is 1.51. The Morgan fingerprint density at radius 2 is 1.62 bits per heavy atom. The van der Waals surface area contributed by atoms with Crippen LogP contribution in [-0.2, 0) is 28.4 Å².